The molecule has 1 aromatic rings. The molecule has 19 nitrogen and oxygen atoms in total. The molecule has 8 atom stereocenters. The van der Waals surface area contributed by atoms with Crippen molar-refractivity contribution in [1.29, 1.82) is 0 Å². The molecule has 19 heteroatoms. The fraction of sp³-hybridized carbons (Fsp3) is 0.611. The predicted octanol–water partition coefficient (Wildman–Crippen LogP) is -2.88. The number of aliphatic carboxylic acids is 1. The molecule has 55 heavy (non-hydrogen) atoms. The summed E-state index contributed by atoms with van der Waals surface area (Å²) in [6, 6.07) is 0.931. The van der Waals surface area contributed by atoms with Crippen molar-refractivity contribution >= 4 is 47.3 Å². The molecule has 7 amide bonds. The number of aliphatic hydroxyl groups is 1. The van der Waals surface area contributed by atoms with Crippen molar-refractivity contribution in [2.45, 2.75) is 114 Å². The summed E-state index contributed by atoms with van der Waals surface area (Å²) in [5.41, 5.74) is 17.4. The van der Waals surface area contributed by atoms with Gasteiger partial charge in [0.05, 0.1) is 25.1 Å². The number of amides is 7. The molecule has 1 heterocycles. The lowest BCUT2D eigenvalue weighted by molar-refractivity contribution is -0.145. The highest BCUT2D eigenvalue weighted by molar-refractivity contribution is 5.98. The number of hydrogen-bond acceptors (Lipinski definition) is 11. The van der Waals surface area contributed by atoms with Crippen LogP contribution >= 0.6 is 0 Å². The van der Waals surface area contributed by atoms with Crippen LogP contribution < -0.4 is 43.8 Å². The lowest BCUT2D eigenvalue weighted by Gasteiger charge is -2.31. The SMILES string of the molecule is CC[C@H](C)[C@H](NC(=O)[C@@H](NC(=O)CNC(=O)[C@@H](N)CCCCN)[C@@H](C)O)C(=O)N[C@@H](CC(N)=O)C(=O)N1CCC[C@H]1C(=O)N[C@@H](Cc1ccccc1)C(=O)O. The van der Waals surface area contributed by atoms with Gasteiger partial charge in [-0.2, -0.15) is 0 Å². The molecule has 0 spiro atoms. The van der Waals surface area contributed by atoms with Gasteiger partial charge in [-0.1, -0.05) is 57.0 Å². The third-order valence-electron chi connectivity index (χ3n) is 9.36. The number of carbonyl (C=O) groups excluding carboxylic acids is 7. The maximum Gasteiger partial charge on any atom is 0.326 e. The normalized spacial score (nSPS) is 17.6. The Kier molecular flexibility index (Phi) is 19.2. The Morgan fingerprint density at radius 2 is 1.55 bits per heavy atom. The zero-order valence-corrected chi connectivity index (χ0v) is 31.6. The van der Waals surface area contributed by atoms with E-state index in [1.807, 2.05) is 0 Å². The number of carbonyl (C=O) groups is 8. The van der Waals surface area contributed by atoms with Crippen LogP contribution in [-0.4, -0.2) is 124 Å². The van der Waals surface area contributed by atoms with E-state index in [2.05, 4.69) is 26.6 Å². The van der Waals surface area contributed by atoms with Gasteiger partial charge in [-0.3, -0.25) is 33.6 Å². The van der Waals surface area contributed by atoms with E-state index in [0.29, 0.717) is 44.2 Å². The number of nitrogens with zero attached hydrogens (tertiary/aromatic N) is 1. The van der Waals surface area contributed by atoms with Crippen molar-refractivity contribution in [3.05, 3.63) is 35.9 Å². The number of carboxylic acids is 1. The Bertz CT molecular complexity index is 1500. The maximum absolute atomic E-state index is 13.9. The quantitative estimate of drug-likeness (QED) is 0.0502. The van der Waals surface area contributed by atoms with Crippen molar-refractivity contribution < 1.29 is 48.6 Å². The predicted molar refractivity (Wildman–Crippen MR) is 199 cm³/mol. The lowest BCUT2D eigenvalue weighted by atomic mass is 9.96. The van der Waals surface area contributed by atoms with Gasteiger partial charge in [0.25, 0.3) is 0 Å². The van der Waals surface area contributed by atoms with Crippen molar-refractivity contribution in [3.8, 4) is 0 Å². The second kappa shape index (κ2) is 22.9. The molecule has 1 aromatic carbocycles. The number of rotatable bonds is 23. The molecule has 0 bridgehead atoms. The van der Waals surface area contributed by atoms with Gasteiger partial charge in [-0.05, 0) is 50.6 Å². The van der Waals surface area contributed by atoms with E-state index in [1.54, 1.807) is 44.2 Å². The monoisotopic (exact) mass is 775 g/mol. The Balaban J connectivity index is 2.17. The Hall–Kier alpha value is -5.14. The van der Waals surface area contributed by atoms with Crippen LogP contribution in [-0.2, 0) is 44.8 Å². The number of benzene rings is 1. The number of carboxylic acid groups (broad SMARTS) is 1. The molecular weight excluding hydrogens is 718 g/mol. The molecule has 0 aliphatic carbocycles. The number of hydrogen-bond donors (Lipinski definition) is 10. The van der Waals surface area contributed by atoms with Gasteiger partial charge in [0.15, 0.2) is 0 Å². The first-order valence-electron chi connectivity index (χ1n) is 18.5. The van der Waals surface area contributed by atoms with Crippen LogP contribution in [0.25, 0.3) is 0 Å². The fourth-order valence-electron chi connectivity index (χ4n) is 6.00. The van der Waals surface area contributed by atoms with Crippen molar-refractivity contribution in [2.24, 2.45) is 23.1 Å². The largest absolute Gasteiger partial charge is 0.480 e. The molecule has 1 fully saturated rings. The third kappa shape index (κ3) is 14.9. The minimum absolute atomic E-state index is 0.00745. The van der Waals surface area contributed by atoms with Crippen LogP contribution in [0.4, 0.5) is 0 Å². The number of aliphatic hydroxyl groups excluding tert-OH is 1. The fourth-order valence-corrected chi connectivity index (χ4v) is 6.00. The number of nitrogens with one attached hydrogen (secondary N) is 5. The number of nitrogens with two attached hydrogens (primary N) is 3. The van der Waals surface area contributed by atoms with Crippen LogP contribution in [0.2, 0.25) is 0 Å². The number of likely N-dealkylation sites (tertiary alicyclic amines) is 1. The summed E-state index contributed by atoms with van der Waals surface area (Å²) in [4.78, 5) is 105. The summed E-state index contributed by atoms with van der Waals surface area (Å²) in [5.74, 6) is -7.58. The Morgan fingerprint density at radius 1 is 0.891 bits per heavy atom. The highest BCUT2D eigenvalue weighted by Crippen LogP contribution is 2.20. The van der Waals surface area contributed by atoms with Gasteiger partial charge in [-0.25, -0.2) is 4.79 Å². The minimum atomic E-state index is -1.56. The first kappa shape index (κ1) is 46.0. The molecule has 0 aromatic heterocycles. The van der Waals surface area contributed by atoms with Gasteiger partial charge in [0, 0.05) is 13.0 Å². The second-order valence-corrected chi connectivity index (χ2v) is 13.8. The van der Waals surface area contributed by atoms with E-state index in [1.165, 1.54) is 6.92 Å². The molecule has 0 radical (unpaired) electrons. The molecule has 1 saturated heterocycles. The third-order valence-corrected chi connectivity index (χ3v) is 9.36. The van der Waals surface area contributed by atoms with Crippen LogP contribution in [0.5, 0.6) is 0 Å². The first-order valence-corrected chi connectivity index (χ1v) is 18.5. The zero-order valence-electron chi connectivity index (χ0n) is 31.6. The minimum Gasteiger partial charge on any atom is -0.480 e. The summed E-state index contributed by atoms with van der Waals surface area (Å²) in [7, 11) is 0. The molecule has 2 rings (SSSR count). The molecule has 0 saturated carbocycles. The Morgan fingerprint density at radius 3 is 2.13 bits per heavy atom. The number of primary amides is 1. The van der Waals surface area contributed by atoms with Crippen molar-refractivity contribution in [1.82, 2.24) is 31.5 Å². The lowest BCUT2D eigenvalue weighted by Crippen LogP contribution is -2.61. The van der Waals surface area contributed by atoms with Gasteiger partial charge in [0.1, 0.15) is 30.2 Å². The molecular formula is C36H57N9O10. The molecule has 1 aliphatic heterocycles. The van der Waals surface area contributed by atoms with E-state index in [0.717, 1.165) is 4.90 Å². The molecule has 13 N–H and O–H groups in total. The van der Waals surface area contributed by atoms with Crippen LogP contribution in [0, 0.1) is 5.92 Å². The van der Waals surface area contributed by atoms with Crippen LogP contribution in [0.3, 0.4) is 0 Å². The average molecular weight is 776 g/mol. The van der Waals surface area contributed by atoms with E-state index in [4.69, 9.17) is 17.2 Å². The first-order chi connectivity index (χ1) is 26.0. The van der Waals surface area contributed by atoms with Crippen LogP contribution in [0.15, 0.2) is 30.3 Å². The van der Waals surface area contributed by atoms with E-state index >= 15 is 0 Å². The molecule has 0 unspecified atom stereocenters. The average Bonchev–Trinajstić information content (AvgIpc) is 3.64. The van der Waals surface area contributed by atoms with Gasteiger partial charge in [0.2, 0.25) is 41.4 Å². The summed E-state index contributed by atoms with van der Waals surface area (Å²) < 4.78 is 0. The topological polar surface area (TPSA) is 318 Å². The highest BCUT2D eigenvalue weighted by Gasteiger charge is 2.41. The summed E-state index contributed by atoms with van der Waals surface area (Å²) in [5, 5.41) is 32.3. The summed E-state index contributed by atoms with van der Waals surface area (Å²) in [6.07, 6.45) is 0.441. The van der Waals surface area contributed by atoms with Crippen molar-refractivity contribution in [2.75, 3.05) is 19.6 Å². The molecule has 306 valence electrons. The summed E-state index contributed by atoms with van der Waals surface area (Å²) in [6.45, 7) is 4.56. The smallest absolute Gasteiger partial charge is 0.326 e. The van der Waals surface area contributed by atoms with E-state index in [9.17, 15) is 48.6 Å². The highest BCUT2D eigenvalue weighted by atomic mass is 16.4. The molecule has 1 aliphatic rings. The maximum atomic E-state index is 13.9. The van der Waals surface area contributed by atoms with Gasteiger partial charge < -0.3 is 58.9 Å². The standard InChI is InChI=1S/C36H57N9O10/c1-4-20(2)29(44-34(52)30(21(3)46)43-28(48)19-40-31(49)23(38)13-8-9-15-37)33(51)41-24(18-27(39)47)35(53)45-16-10-14-26(45)32(50)42-25(36(54)55)17-22-11-6-5-7-12-22/h5-7,11-12,20-21,23-26,29-30,46H,4,8-10,13-19,37-38H2,1-3H3,(H2,39,47)(H,40,49)(H,41,51)(H,42,50)(H,43,48)(H,44,52)(H,54,55)/t20-,21+,23-,24-,25-,26-,29-,30-/m0/s1. The summed E-state index contributed by atoms with van der Waals surface area (Å²) >= 11 is 0. The zero-order chi connectivity index (χ0) is 41.2. The van der Waals surface area contributed by atoms with Crippen LogP contribution in [0.1, 0.15) is 71.3 Å². The number of unbranched alkanes of at least 4 members (excludes halogenated alkanes) is 1. The van der Waals surface area contributed by atoms with Gasteiger partial charge >= 0.3 is 5.97 Å². The van der Waals surface area contributed by atoms with Gasteiger partial charge in [-0.15, -0.1) is 0 Å². The second-order valence-electron chi connectivity index (χ2n) is 13.8. The van der Waals surface area contributed by atoms with E-state index in [-0.39, 0.29) is 19.4 Å². The van der Waals surface area contributed by atoms with Crippen molar-refractivity contribution in [3.63, 3.8) is 0 Å². The Labute approximate surface area is 320 Å². The van der Waals surface area contributed by atoms with E-state index < -0.39 is 109 Å².